The average molecular weight is 233 g/mol. The number of hydrogen-bond acceptors (Lipinski definition) is 2. The molecular formula is C13H15NO3. The third-order valence-corrected chi connectivity index (χ3v) is 2.01. The van der Waals surface area contributed by atoms with E-state index in [1.165, 1.54) is 7.05 Å². The van der Waals surface area contributed by atoms with Gasteiger partial charge < -0.3 is 10.4 Å². The fourth-order valence-corrected chi connectivity index (χ4v) is 1.14. The molecule has 17 heavy (non-hydrogen) atoms. The van der Waals surface area contributed by atoms with Crippen molar-refractivity contribution >= 4 is 11.9 Å². The van der Waals surface area contributed by atoms with Crippen molar-refractivity contribution in [1.29, 1.82) is 0 Å². The molecule has 4 heteroatoms. The second-order valence-electron chi connectivity index (χ2n) is 3.05. The van der Waals surface area contributed by atoms with Crippen molar-refractivity contribution in [3.05, 3.63) is 11.1 Å². The maximum atomic E-state index is 11.6. The summed E-state index contributed by atoms with van der Waals surface area (Å²) < 4.78 is 0. The molecule has 0 radical (unpaired) electrons. The van der Waals surface area contributed by atoms with Crippen molar-refractivity contribution in [2.45, 2.75) is 26.7 Å². The fourth-order valence-electron chi connectivity index (χ4n) is 1.14. The van der Waals surface area contributed by atoms with Crippen LogP contribution in [0.5, 0.6) is 0 Å². The van der Waals surface area contributed by atoms with E-state index < -0.39 is 11.9 Å². The minimum atomic E-state index is -1.13. The van der Waals surface area contributed by atoms with Crippen LogP contribution in [0.3, 0.4) is 0 Å². The molecule has 0 saturated carbocycles. The maximum Gasteiger partial charge on any atom is 0.333 e. The van der Waals surface area contributed by atoms with Gasteiger partial charge >= 0.3 is 5.97 Å². The monoisotopic (exact) mass is 233 g/mol. The normalized spacial score (nSPS) is 10.1. The van der Waals surface area contributed by atoms with Crippen LogP contribution < -0.4 is 5.32 Å². The SMILES string of the molecule is CC#CC/C(C(=O)O)=C(\CC#CC)C(=O)NC. The molecule has 90 valence electrons. The van der Waals surface area contributed by atoms with Crippen LogP contribution in [0.2, 0.25) is 0 Å². The van der Waals surface area contributed by atoms with Crippen LogP contribution in [-0.4, -0.2) is 24.0 Å². The number of carbonyl (C=O) groups is 2. The van der Waals surface area contributed by atoms with Crippen molar-refractivity contribution in [3.8, 4) is 23.7 Å². The Labute approximate surface area is 101 Å². The molecule has 0 aliphatic carbocycles. The van der Waals surface area contributed by atoms with E-state index in [1.54, 1.807) is 13.8 Å². The van der Waals surface area contributed by atoms with Gasteiger partial charge in [0.2, 0.25) is 5.91 Å². The van der Waals surface area contributed by atoms with Gasteiger partial charge in [-0.1, -0.05) is 11.8 Å². The van der Waals surface area contributed by atoms with Gasteiger partial charge in [0, 0.05) is 25.5 Å². The van der Waals surface area contributed by atoms with E-state index in [1.807, 2.05) is 0 Å². The van der Waals surface area contributed by atoms with Crippen LogP contribution in [0.1, 0.15) is 26.7 Å². The first kappa shape index (κ1) is 14.8. The van der Waals surface area contributed by atoms with Crippen LogP contribution in [-0.2, 0) is 9.59 Å². The predicted octanol–water partition coefficient (Wildman–Crippen LogP) is 0.940. The lowest BCUT2D eigenvalue weighted by molar-refractivity contribution is -0.133. The Kier molecular flexibility index (Phi) is 6.97. The Balaban J connectivity index is 5.47. The average Bonchev–Trinajstić information content (AvgIpc) is 2.32. The molecule has 0 saturated heterocycles. The molecule has 0 aromatic rings. The van der Waals surface area contributed by atoms with Gasteiger partial charge in [-0.3, -0.25) is 4.79 Å². The molecule has 0 spiro atoms. The van der Waals surface area contributed by atoms with E-state index in [2.05, 4.69) is 29.0 Å². The van der Waals surface area contributed by atoms with Gasteiger partial charge in [-0.25, -0.2) is 4.79 Å². The number of likely N-dealkylation sites (N-methyl/N-ethyl adjacent to an activating group) is 1. The molecule has 0 unspecified atom stereocenters. The minimum Gasteiger partial charge on any atom is -0.478 e. The van der Waals surface area contributed by atoms with Gasteiger partial charge in [0.1, 0.15) is 0 Å². The number of aliphatic carboxylic acids is 1. The number of carboxylic acid groups (broad SMARTS) is 1. The molecule has 0 bridgehead atoms. The molecular weight excluding hydrogens is 218 g/mol. The molecule has 0 aromatic heterocycles. The van der Waals surface area contributed by atoms with Gasteiger partial charge in [-0.15, -0.1) is 11.8 Å². The van der Waals surface area contributed by atoms with E-state index >= 15 is 0 Å². The molecule has 0 aliphatic heterocycles. The van der Waals surface area contributed by atoms with E-state index in [0.29, 0.717) is 0 Å². The summed E-state index contributed by atoms with van der Waals surface area (Å²) in [5.41, 5.74) is 0.165. The lowest BCUT2D eigenvalue weighted by Gasteiger charge is -2.06. The second kappa shape index (κ2) is 8.01. The first-order valence-corrected chi connectivity index (χ1v) is 5.05. The van der Waals surface area contributed by atoms with Crippen LogP contribution >= 0.6 is 0 Å². The molecule has 4 nitrogen and oxygen atoms in total. The summed E-state index contributed by atoms with van der Waals surface area (Å²) in [5.74, 6) is 9.02. The molecule has 0 atom stereocenters. The summed E-state index contributed by atoms with van der Waals surface area (Å²) in [4.78, 5) is 22.7. The number of hydrogen-bond donors (Lipinski definition) is 2. The minimum absolute atomic E-state index is 0.00134. The first-order valence-electron chi connectivity index (χ1n) is 5.05. The number of amides is 1. The van der Waals surface area contributed by atoms with Crippen molar-refractivity contribution in [3.63, 3.8) is 0 Å². The molecule has 0 aromatic carbocycles. The number of rotatable bonds is 4. The number of carboxylic acids is 1. The summed E-state index contributed by atoms with van der Waals surface area (Å²) in [6, 6.07) is 0. The third kappa shape index (κ3) is 4.90. The summed E-state index contributed by atoms with van der Waals surface area (Å²) in [6.45, 7) is 3.25. The lowest BCUT2D eigenvalue weighted by Crippen LogP contribution is -2.23. The van der Waals surface area contributed by atoms with Crippen molar-refractivity contribution in [1.82, 2.24) is 5.32 Å². The first-order chi connectivity index (χ1) is 8.08. The molecule has 1 amide bonds. The predicted molar refractivity (Wildman–Crippen MR) is 64.9 cm³/mol. The quantitative estimate of drug-likeness (QED) is 0.561. The van der Waals surface area contributed by atoms with E-state index in [-0.39, 0.29) is 24.0 Å². The number of carbonyl (C=O) groups excluding carboxylic acids is 1. The summed E-state index contributed by atoms with van der Waals surface area (Å²) in [6.07, 6.45) is 0.156. The zero-order chi connectivity index (χ0) is 13.3. The molecule has 0 aliphatic rings. The van der Waals surface area contributed by atoms with Crippen molar-refractivity contribution in [2.24, 2.45) is 0 Å². The maximum absolute atomic E-state index is 11.6. The Bertz CT molecular complexity index is 453. The third-order valence-electron chi connectivity index (χ3n) is 2.01. The fraction of sp³-hybridized carbons (Fsp3) is 0.385. The Morgan fingerprint density at radius 2 is 1.53 bits per heavy atom. The summed E-state index contributed by atoms with van der Waals surface area (Å²) in [7, 11) is 1.45. The Hall–Kier alpha value is -2.20. The van der Waals surface area contributed by atoms with Crippen molar-refractivity contribution < 1.29 is 14.7 Å². The highest BCUT2D eigenvalue weighted by atomic mass is 16.4. The Morgan fingerprint density at radius 3 is 1.88 bits per heavy atom. The molecule has 0 heterocycles. The Morgan fingerprint density at radius 1 is 1.06 bits per heavy atom. The van der Waals surface area contributed by atoms with Gasteiger partial charge in [-0.05, 0) is 13.8 Å². The van der Waals surface area contributed by atoms with Gasteiger partial charge in [-0.2, -0.15) is 0 Å². The highest BCUT2D eigenvalue weighted by molar-refractivity contribution is 6.02. The van der Waals surface area contributed by atoms with Crippen LogP contribution in [0.25, 0.3) is 0 Å². The largest absolute Gasteiger partial charge is 0.478 e. The standard InChI is InChI=1S/C13H15NO3/c1-4-6-8-10(12(15)14-3)11(13(16)17)9-7-5-2/h8-9H2,1-3H3,(H,14,15)(H,16,17)/b11-10-. The second-order valence-corrected chi connectivity index (χ2v) is 3.05. The van der Waals surface area contributed by atoms with Crippen LogP contribution in [0.4, 0.5) is 0 Å². The lowest BCUT2D eigenvalue weighted by atomic mass is 10.0. The van der Waals surface area contributed by atoms with Crippen molar-refractivity contribution in [2.75, 3.05) is 7.05 Å². The highest BCUT2D eigenvalue weighted by Gasteiger charge is 2.18. The van der Waals surface area contributed by atoms with Gasteiger partial charge in [0.25, 0.3) is 0 Å². The topological polar surface area (TPSA) is 66.4 Å². The van der Waals surface area contributed by atoms with Gasteiger partial charge in [0.15, 0.2) is 0 Å². The molecule has 0 fully saturated rings. The van der Waals surface area contributed by atoms with Crippen LogP contribution in [0.15, 0.2) is 11.1 Å². The summed E-state index contributed by atoms with van der Waals surface area (Å²) in [5, 5.41) is 11.5. The summed E-state index contributed by atoms with van der Waals surface area (Å²) >= 11 is 0. The van der Waals surface area contributed by atoms with E-state index in [0.717, 1.165) is 0 Å². The zero-order valence-corrected chi connectivity index (χ0v) is 10.2. The molecule has 0 rings (SSSR count). The highest BCUT2D eigenvalue weighted by Crippen LogP contribution is 2.13. The number of nitrogens with one attached hydrogen (secondary N) is 1. The van der Waals surface area contributed by atoms with E-state index in [4.69, 9.17) is 5.11 Å². The zero-order valence-electron chi connectivity index (χ0n) is 10.2. The van der Waals surface area contributed by atoms with Crippen LogP contribution in [0, 0.1) is 23.7 Å². The molecule has 2 N–H and O–H groups in total. The van der Waals surface area contributed by atoms with Gasteiger partial charge in [0.05, 0.1) is 5.57 Å². The van der Waals surface area contributed by atoms with E-state index in [9.17, 15) is 9.59 Å². The smallest absolute Gasteiger partial charge is 0.333 e.